The number of hydrogen-bond acceptors (Lipinski definition) is 5. The summed E-state index contributed by atoms with van der Waals surface area (Å²) in [5.41, 5.74) is 1.48. The number of benzene rings is 1. The molecule has 1 saturated heterocycles. The summed E-state index contributed by atoms with van der Waals surface area (Å²) >= 11 is 0. The zero-order valence-corrected chi connectivity index (χ0v) is 17.1. The molecule has 3 heterocycles. The molecule has 1 N–H and O–H groups in total. The number of ether oxygens (including phenoxy) is 1. The Morgan fingerprint density at radius 1 is 1.31 bits per heavy atom. The third kappa shape index (κ3) is 3.52. The molecule has 2 aromatic heterocycles. The highest BCUT2D eigenvalue weighted by molar-refractivity contribution is 5.87. The predicted octanol–water partition coefficient (Wildman–Crippen LogP) is 3.83. The van der Waals surface area contributed by atoms with Crippen molar-refractivity contribution in [2.45, 2.75) is 32.9 Å². The molecule has 0 aliphatic carbocycles. The molecule has 3 aromatic rings. The molecule has 1 aromatic carbocycles. The molecule has 152 valence electrons. The van der Waals surface area contributed by atoms with Crippen molar-refractivity contribution in [3.63, 3.8) is 0 Å². The SMILES string of the molecule is CCN(C[C@@]1(C)[C@@H](C)CN1C(=O)OCc1ccccc1)c1ncnc2[nH]ccc12. The van der Waals surface area contributed by atoms with Crippen LogP contribution < -0.4 is 4.90 Å². The first kappa shape index (κ1) is 19.2. The van der Waals surface area contributed by atoms with E-state index in [-0.39, 0.29) is 18.2 Å². The molecular weight excluding hydrogens is 366 g/mol. The number of carbonyl (C=O) groups is 1. The summed E-state index contributed by atoms with van der Waals surface area (Å²) in [5.74, 6) is 1.25. The highest BCUT2D eigenvalue weighted by Gasteiger charge is 2.51. The average molecular weight is 393 g/mol. The molecule has 1 aliphatic heterocycles. The summed E-state index contributed by atoms with van der Waals surface area (Å²) in [6.07, 6.45) is 3.19. The van der Waals surface area contributed by atoms with Gasteiger partial charge in [0.2, 0.25) is 0 Å². The summed E-state index contributed by atoms with van der Waals surface area (Å²) in [6.45, 7) is 8.86. The van der Waals surface area contributed by atoms with Crippen LogP contribution in [0, 0.1) is 5.92 Å². The maximum atomic E-state index is 12.8. The smallest absolute Gasteiger partial charge is 0.410 e. The van der Waals surface area contributed by atoms with Gasteiger partial charge in [-0.25, -0.2) is 14.8 Å². The number of nitrogens with one attached hydrogen (secondary N) is 1. The number of rotatable bonds is 6. The number of anilines is 1. The fourth-order valence-corrected chi connectivity index (χ4v) is 3.99. The zero-order chi connectivity index (χ0) is 20.4. The summed E-state index contributed by atoms with van der Waals surface area (Å²) in [7, 11) is 0. The number of likely N-dealkylation sites (N-methyl/N-ethyl adjacent to an activating group) is 1. The van der Waals surface area contributed by atoms with Crippen molar-refractivity contribution in [1.82, 2.24) is 19.9 Å². The molecule has 4 rings (SSSR count). The molecule has 0 bridgehead atoms. The molecule has 0 unspecified atom stereocenters. The first-order valence-corrected chi connectivity index (χ1v) is 10.0. The Morgan fingerprint density at radius 3 is 2.83 bits per heavy atom. The second-order valence-electron chi connectivity index (χ2n) is 7.86. The Balaban J connectivity index is 1.49. The Hall–Kier alpha value is -3.09. The van der Waals surface area contributed by atoms with E-state index >= 15 is 0 Å². The van der Waals surface area contributed by atoms with Crippen molar-refractivity contribution < 1.29 is 9.53 Å². The van der Waals surface area contributed by atoms with Crippen LogP contribution in [-0.4, -0.2) is 51.1 Å². The van der Waals surface area contributed by atoms with E-state index in [4.69, 9.17) is 4.74 Å². The minimum absolute atomic E-state index is 0.264. The van der Waals surface area contributed by atoms with Gasteiger partial charge >= 0.3 is 6.09 Å². The molecule has 7 nitrogen and oxygen atoms in total. The fourth-order valence-electron chi connectivity index (χ4n) is 3.99. The van der Waals surface area contributed by atoms with E-state index in [1.54, 1.807) is 6.33 Å². The monoisotopic (exact) mass is 393 g/mol. The topological polar surface area (TPSA) is 74.3 Å². The van der Waals surface area contributed by atoms with Crippen LogP contribution in [0.2, 0.25) is 0 Å². The second-order valence-corrected chi connectivity index (χ2v) is 7.86. The minimum Gasteiger partial charge on any atom is -0.445 e. The van der Waals surface area contributed by atoms with Gasteiger partial charge in [-0.1, -0.05) is 37.3 Å². The molecule has 7 heteroatoms. The number of fused-ring (bicyclic) bond motifs is 1. The number of nitrogens with zero attached hydrogens (tertiary/aromatic N) is 4. The van der Waals surface area contributed by atoms with E-state index in [0.717, 1.165) is 29.0 Å². The maximum Gasteiger partial charge on any atom is 0.410 e. The molecule has 0 saturated carbocycles. The van der Waals surface area contributed by atoms with Crippen LogP contribution in [-0.2, 0) is 11.3 Å². The van der Waals surface area contributed by atoms with Crippen molar-refractivity contribution in [1.29, 1.82) is 0 Å². The molecule has 29 heavy (non-hydrogen) atoms. The van der Waals surface area contributed by atoms with E-state index in [2.05, 4.69) is 40.6 Å². The van der Waals surface area contributed by atoms with Crippen LogP contribution in [0.5, 0.6) is 0 Å². The quantitative estimate of drug-likeness (QED) is 0.689. The molecule has 2 atom stereocenters. The summed E-state index contributed by atoms with van der Waals surface area (Å²) < 4.78 is 5.59. The first-order valence-electron chi connectivity index (χ1n) is 10.0. The van der Waals surface area contributed by atoms with Crippen LogP contribution in [0.1, 0.15) is 26.3 Å². The maximum absolute atomic E-state index is 12.8. The van der Waals surface area contributed by atoms with Crippen molar-refractivity contribution >= 4 is 22.9 Å². The van der Waals surface area contributed by atoms with Crippen LogP contribution >= 0.6 is 0 Å². The number of amides is 1. The zero-order valence-electron chi connectivity index (χ0n) is 17.1. The first-order chi connectivity index (χ1) is 14.0. The number of H-pyrrole nitrogens is 1. The van der Waals surface area contributed by atoms with Gasteiger partial charge in [-0.15, -0.1) is 0 Å². The van der Waals surface area contributed by atoms with Gasteiger partial charge in [-0.2, -0.15) is 0 Å². The van der Waals surface area contributed by atoms with Gasteiger partial charge in [0.25, 0.3) is 0 Å². The van der Waals surface area contributed by atoms with Crippen molar-refractivity contribution in [2.75, 3.05) is 24.5 Å². The van der Waals surface area contributed by atoms with Crippen molar-refractivity contribution in [3.05, 3.63) is 54.5 Å². The number of carbonyl (C=O) groups excluding carboxylic acids is 1. The van der Waals surface area contributed by atoms with E-state index in [1.807, 2.05) is 47.5 Å². The molecular formula is C22H27N5O2. The lowest BCUT2D eigenvalue weighted by Gasteiger charge is -2.56. The van der Waals surface area contributed by atoms with Gasteiger partial charge < -0.3 is 19.5 Å². The van der Waals surface area contributed by atoms with Gasteiger partial charge in [0.1, 0.15) is 24.4 Å². The standard InChI is InChI=1S/C22H27N5O2/c1-4-26(20-18-10-11-23-19(18)24-15-25-20)14-22(3)16(2)12-27(22)21(28)29-13-17-8-6-5-7-9-17/h5-11,15-16H,4,12-14H2,1-3H3,(H,23,24,25)/t16-,22-/m0/s1. The Morgan fingerprint density at radius 2 is 2.10 bits per heavy atom. The molecule has 1 fully saturated rings. The highest BCUT2D eigenvalue weighted by Crippen LogP contribution is 2.38. The van der Waals surface area contributed by atoms with Crippen molar-refractivity contribution in [3.8, 4) is 0 Å². The van der Waals surface area contributed by atoms with Gasteiger partial charge in [0.05, 0.1) is 10.9 Å². The van der Waals surface area contributed by atoms with Crippen LogP contribution in [0.15, 0.2) is 48.9 Å². The molecule has 0 radical (unpaired) electrons. The summed E-state index contributed by atoms with van der Waals surface area (Å²) in [4.78, 5) is 28.8. The van der Waals surface area contributed by atoms with Crippen LogP contribution in [0.4, 0.5) is 10.6 Å². The Kier molecular flexibility index (Phi) is 5.13. The molecule has 0 spiro atoms. The summed E-state index contributed by atoms with van der Waals surface area (Å²) in [5, 5.41) is 0.989. The number of aromatic nitrogens is 3. The van der Waals surface area contributed by atoms with Crippen LogP contribution in [0.3, 0.4) is 0 Å². The largest absolute Gasteiger partial charge is 0.445 e. The lowest BCUT2D eigenvalue weighted by molar-refractivity contribution is -0.0476. The molecule has 1 aliphatic rings. The normalized spacial score (nSPS) is 21.1. The van der Waals surface area contributed by atoms with E-state index in [0.29, 0.717) is 19.0 Å². The van der Waals surface area contributed by atoms with Gasteiger partial charge in [-0.3, -0.25) is 0 Å². The van der Waals surface area contributed by atoms with Gasteiger partial charge in [0, 0.05) is 25.8 Å². The third-order valence-electron chi connectivity index (χ3n) is 6.09. The Bertz CT molecular complexity index is 989. The Labute approximate surface area is 170 Å². The minimum atomic E-state index is -0.322. The van der Waals surface area contributed by atoms with E-state index in [1.165, 1.54) is 0 Å². The van der Waals surface area contributed by atoms with Crippen LogP contribution in [0.25, 0.3) is 11.0 Å². The van der Waals surface area contributed by atoms with E-state index < -0.39 is 0 Å². The van der Waals surface area contributed by atoms with Crippen molar-refractivity contribution in [2.24, 2.45) is 5.92 Å². The fraction of sp³-hybridized carbons (Fsp3) is 0.409. The lowest BCUT2D eigenvalue weighted by Crippen LogP contribution is -2.70. The third-order valence-corrected chi connectivity index (χ3v) is 6.09. The molecule has 1 amide bonds. The average Bonchev–Trinajstić information content (AvgIpc) is 3.23. The second kappa shape index (κ2) is 7.73. The lowest BCUT2D eigenvalue weighted by atomic mass is 9.76. The summed E-state index contributed by atoms with van der Waals surface area (Å²) in [6, 6.07) is 11.8. The number of likely N-dealkylation sites (tertiary alicyclic amines) is 1. The number of hydrogen-bond donors (Lipinski definition) is 1. The highest BCUT2D eigenvalue weighted by atomic mass is 16.6. The number of aromatic amines is 1. The van der Waals surface area contributed by atoms with Gasteiger partial charge in [0.15, 0.2) is 0 Å². The predicted molar refractivity (Wildman–Crippen MR) is 113 cm³/mol. The van der Waals surface area contributed by atoms with E-state index in [9.17, 15) is 4.79 Å². The van der Waals surface area contributed by atoms with Gasteiger partial charge in [-0.05, 0) is 31.4 Å².